The van der Waals surface area contributed by atoms with Crippen LogP contribution in [0.2, 0.25) is 10.2 Å². The van der Waals surface area contributed by atoms with E-state index >= 15 is 0 Å². The van der Waals surface area contributed by atoms with Gasteiger partial charge in [-0.1, -0.05) is 30.1 Å². The largest absolute Gasteiger partial charge is 0.339 e. The van der Waals surface area contributed by atoms with Crippen LogP contribution in [0.3, 0.4) is 0 Å². The van der Waals surface area contributed by atoms with Crippen molar-refractivity contribution >= 4 is 42.8 Å². The fraction of sp³-hybridized carbons (Fsp3) is 0.667. The lowest BCUT2D eigenvalue weighted by atomic mass is 10.5. The highest BCUT2D eigenvalue weighted by Gasteiger charge is 2.21. The van der Waals surface area contributed by atoms with Crippen molar-refractivity contribution in [3.05, 3.63) is 10.2 Å². The highest BCUT2D eigenvalue weighted by atomic mass is 35.5. The van der Waals surface area contributed by atoms with Gasteiger partial charge in [-0.15, -0.1) is 0 Å². The molecule has 0 N–H and O–H groups in total. The van der Waals surface area contributed by atoms with Gasteiger partial charge in [0.1, 0.15) is 10.2 Å². The van der Waals surface area contributed by atoms with E-state index in [2.05, 4.69) is 5.10 Å². The van der Waals surface area contributed by atoms with Gasteiger partial charge in [-0.05, 0) is 13.3 Å². The molecule has 1 aromatic rings. The molecule has 1 unspecified atom stereocenters. The number of rotatable bonds is 7. The Bertz CT molecular complexity index is 455. The molecule has 104 valence electrons. The van der Waals surface area contributed by atoms with E-state index in [1.165, 1.54) is 6.66 Å². The first-order valence-electron chi connectivity index (χ1n) is 5.41. The average molecular weight is 333 g/mol. The Kier molecular flexibility index (Phi) is 6.51. The van der Waals surface area contributed by atoms with E-state index < -0.39 is 7.60 Å². The van der Waals surface area contributed by atoms with E-state index in [9.17, 15) is 4.57 Å². The average Bonchev–Trinajstić information content (AvgIpc) is 2.55. The first-order chi connectivity index (χ1) is 8.41. The van der Waals surface area contributed by atoms with Crippen LogP contribution in [-0.4, -0.2) is 23.1 Å². The van der Waals surface area contributed by atoms with Crippen LogP contribution < -0.4 is 0 Å². The number of hydrogen-bond donors (Lipinski definition) is 0. The quantitative estimate of drug-likeness (QED) is 0.544. The summed E-state index contributed by atoms with van der Waals surface area (Å²) in [5.41, 5.74) is 0. The van der Waals surface area contributed by atoms with Crippen LogP contribution in [0.5, 0.6) is 0 Å². The zero-order valence-corrected chi connectivity index (χ0v) is 13.6. The Morgan fingerprint density at radius 3 is 2.67 bits per heavy atom. The van der Waals surface area contributed by atoms with Crippen LogP contribution in [0.25, 0.3) is 0 Å². The highest BCUT2D eigenvalue weighted by Crippen LogP contribution is 2.50. The zero-order chi connectivity index (χ0) is 13.8. The summed E-state index contributed by atoms with van der Waals surface area (Å²) in [6.45, 7) is 6.11. The van der Waals surface area contributed by atoms with Gasteiger partial charge in [-0.25, -0.2) is 3.97 Å². The molecule has 5 nitrogen and oxygen atoms in total. The van der Waals surface area contributed by atoms with Crippen molar-refractivity contribution in [3.63, 3.8) is 0 Å². The number of nitrogens with zero attached hydrogens (tertiary/aromatic N) is 2. The van der Waals surface area contributed by atoms with Crippen molar-refractivity contribution < 1.29 is 13.1 Å². The molecule has 1 atom stereocenters. The third-order valence-electron chi connectivity index (χ3n) is 1.86. The monoisotopic (exact) mass is 332 g/mol. The first-order valence-corrected chi connectivity index (χ1v) is 8.90. The molecule has 0 aliphatic carbocycles. The van der Waals surface area contributed by atoms with Gasteiger partial charge in [0.15, 0.2) is 5.03 Å². The fourth-order valence-corrected chi connectivity index (χ4v) is 3.44. The summed E-state index contributed by atoms with van der Waals surface area (Å²) in [6, 6.07) is 0. The van der Waals surface area contributed by atoms with Gasteiger partial charge in [0.25, 0.3) is 0 Å². The number of aromatic nitrogens is 2. The molecule has 0 aliphatic rings. The maximum atomic E-state index is 11.7. The van der Waals surface area contributed by atoms with E-state index in [1.807, 2.05) is 6.92 Å². The fourth-order valence-electron chi connectivity index (χ4n) is 1.17. The Labute approximate surface area is 121 Å². The smallest absolute Gasteiger partial charge is 0.308 e. The Hall–Kier alpha value is 0.290. The molecule has 0 aromatic carbocycles. The summed E-state index contributed by atoms with van der Waals surface area (Å²) < 4.78 is 23.4. The predicted octanol–water partition coefficient (Wildman–Crippen LogP) is 4.48. The van der Waals surface area contributed by atoms with Crippen LogP contribution in [-0.2, 0) is 19.6 Å². The normalized spacial score (nSPS) is 14.7. The Morgan fingerprint density at radius 2 is 2.11 bits per heavy atom. The van der Waals surface area contributed by atoms with Crippen molar-refractivity contribution in [2.45, 2.75) is 31.8 Å². The van der Waals surface area contributed by atoms with Crippen molar-refractivity contribution in [2.24, 2.45) is 0 Å². The molecule has 0 radical (unpaired) electrons. The van der Waals surface area contributed by atoms with Crippen LogP contribution in [0.15, 0.2) is 5.03 Å². The van der Waals surface area contributed by atoms with Crippen LogP contribution in [0.4, 0.5) is 0 Å². The second-order valence-corrected chi connectivity index (χ2v) is 7.17. The van der Waals surface area contributed by atoms with Crippen molar-refractivity contribution in [3.8, 4) is 0 Å². The van der Waals surface area contributed by atoms with Gasteiger partial charge in [0.2, 0.25) is 0 Å². The van der Waals surface area contributed by atoms with E-state index in [4.69, 9.17) is 31.7 Å². The molecule has 1 rings (SSSR count). The minimum Gasteiger partial charge on any atom is -0.308 e. The molecule has 0 fully saturated rings. The van der Waals surface area contributed by atoms with Crippen molar-refractivity contribution in [2.75, 3.05) is 13.3 Å². The summed E-state index contributed by atoms with van der Waals surface area (Å²) >= 11 is 12.8. The van der Waals surface area contributed by atoms with Crippen molar-refractivity contribution in [1.82, 2.24) is 9.78 Å². The summed E-state index contributed by atoms with van der Waals surface area (Å²) in [4.78, 5) is 0. The molecule has 0 spiro atoms. The molecule has 0 bridgehead atoms. The van der Waals surface area contributed by atoms with Crippen LogP contribution in [0.1, 0.15) is 20.3 Å². The van der Waals surface area contributed by atoms with Crippen LogP contribution in [0, 0.1) is 0 Å². The minimum absolute atomic E-state index is 0.298. The maximum absolute atomic E-state index is 11.7. The third kappa shape index (κ3) is 4.44. The van der Waals surface area contributed by atoms with Gasteiger partial charge < -0.3 is 4.52 Å². The Morgan fingerprint density at radius 1 is 1.44 bits per heavy atom. The molecular weight excluding hydrogens is 318 g/mol. The number of aryl methyl sites for hydroxylation is 1. The molecule has 0 saturated heterocycles. The molecule has 1 aromatic heterocycles. The summed E-state index contributed by atoms with van der Waals surface area (Å²) in [6.07, 6.45) is 0.883. The lowest BCUT2D eigenvalue weighted by molar-refractivity contribution is 0.294. The van der Waals surface area contributed by atoms with E-state index in [-0.39, 0.29) is 0 Å². The third-order valence-corrected chi connectivity index (χ3v) is 5.36. The molecular formula is C9H15Cl2N2O3PS. The maximum Gasteiger partial charge on any atom is 0.339 e. The summed E-state index contributed by atoms with van der Waals surface area (Å²) in [7, 11) is -3.09. The molecule has 0 saturated carbocycles. The SMILES string of the molecule is CCCn1nc(SOP(C)(=O)OCC)c(Cl)c1Cl. The van der Waals surface area contributed by atoms with Gasteiger partial charge in [0.05, 0.1) is 18.6 Å². The number of hydrogen-bond acceptors (Lipinski definition) is 5. The second-order valence-electron chi connectivity index (χ2n) is 3.48. The standard InChI is InChI=1S/C9H15Cl2N2O3PS/c1-4-6-13-8(11)7(10)9(12-13)18-16-17(3,14)15-5-2/h4-6H2,1-3H3. The zero-order valence-electron chi connectivity index (χ0n) is 10.4. The van der Waals surface area contributed by atoms with E-state index in [1.54, 1.807) is 11.6 Å². The summed E-state index contributed by atoms with van der Waals surface area (Å²) in [5.74, 6) is 0. The molecule has 9 heteroatoms. The van der Waals surface area contributed by atoms with E-state index in [0.29, 0.717) is 28.4 Å². The van der Waals surface area contributed by atoms with Gasteiger partial charge >= 0.3 is 7.60 Å². The topological polar surface area (TPSA) is 53.4 Å². The summed E-state index contributed by atoms with van der Waals surface area (Å²) in [5, 5.41) is 5.21. The van der Waals surface area contributed by atoms with Crippen LogP contribution >= 0.6 is 42.8 Å². The lowest BCUT2D eigenvalue weighted by Gasteiger charge is -2.10. The molecule has 0 amide bonds. The van der Waals surface area contributed by atoms with Gasteiger partial charge in [-0.3, -0.25) is 9.25 Å². The molecule has 18 heavy (non-hydrogen) atoms. The van der Waals surface area contributed by atoms with Gasteiger partial charge in [0, 0.05) is 13.2 Å². The molecule has 1 heterocycles. The van der Waals surface area contributed by atoms with E-state index in [0.717, 1.165) is 18.5 Å². The Balaban J connectivity index is 2.74. The highest BCUT2D eigenvalue weighted by molar-refractivity contribution is 7.98. The van der Waals surface area contributed by atoms with Crippen molar-refractivity contribution in [1.29, 1.82) is 0 Å². The van der Waals surface area contributed by atoms with Gasteiger partial charge in [-0.2, -0.15) is 5.10 Å². The lowest BCUT2D eigenvalue weighted by Crippen LogP contribution is -1.98. The second kappa shape index (κ2) is 7.17. The number of halogens is 2. The first kappa shape index (κ1) is 16.3. The molecule has 0 aliphatic heterocycles. The predicted molar refractivity (Wildman–Crippen MR) is 74.6 cm³/mol. The minimum atomic E-state index is -3.09.